The Bertz CT molecular complexity index is 1830. The Kier molecular flexibility index (Phi) is 14.0. The van der Waals surface area contributed by atoms with Gasteiger partial charge in [-0.25, -0.2) is 13.5 Å². The number of carbonyl (C=O) groups excluding carboxylic acids is 2. The number of rotatable bonds is 15. The van der Waals surface area contributed by atoms with Gasteiger partial charge in [0.25, 0.3) is 0 Å². The van der Waals surface area contributed by atoms with Crippen LogP contribution in [0.25, 0.3) is 6.08 Å². The minimum absolute atomic E-state index is 0.0920. The first-order valence-electron chi connectivity index (χ1n) is 15.9. The van der Waals surface area contributed by atoms with Gasteiger partial charge in [-0.3, -0.25) is 4.79 Å². The van der Waals surface area contributed by atoms with E-state index in [1.165, 1.54) is 30.3 Å². The number of carbonyl (C=O) groups is 2. The molecule has 1 aromatic heterocycles. The number of Topliss-reactive ketones (excluding diaryl/α,β-unsaturated/α-hetero) is 1. The molecule has 0 saturated heterocycles. The number of ketones is 1. The van der Waals surface area contributed by atoms with E-state index in [4.69, 9.17) is 14.7 Å². The van der Waals surface area contributed by atoms with E-state index in [1.807, 2.05) is 102 Å². The number of ether oxygens (including phenoxy) is 2. The van der Waals surface area contributed by atoms with Gasteiger partial charge in [0.2, 0.25) is 12.1 Å². The molecule has 1 heterocycles. The smallest absolute Gasteiger partial charge is 0.244 e. The molecular formula is C40H38FN3O5. The molecule has 4 aromatic carbocycles. The van der Waals surface area contributed by atoms with Crippen LogP contribution in [0.4, 0.5) is 4.39 Å². The van der Waals surface area contributed by atoms with E-state index in [0.29, 0.717) is 30.9 Å². The number of halogens is 1. The Morgan fingerprint density at radius 1 is 0.959 bits per heavy atom. The maximum absolute atomic E-state index is 13.2. The van der Waals surface area contributed by atoms with Crippen LogP contribution >= 0.6 is 0 Å². The standard InChI is InChI=1S/C31H31FN3O3.C9H8O2/c1-2-18-37-29-13-9-27(10-14-29)31(38-19-15-24-3-5-25(20-33)6-4-24)22-35-17-16-34(23-35)21-30(36)26-7-11-28(32)12-8-26;10-9(11)7-6-8-4-2-1-3-5-8/h3-14,16-17,23,31H,2,15,18-19,21-22H2,1H3;1-7H,(H,10,11)/q+1;/p-1. The van der Waals surface area contributed by atoms with E-state index in [0.717, 1.165) is 41.4 Å². The largest absolute Gasteiger partial charge is 0.545 e. The highest BCUT2D eigenvalue weighted by Crippen LogP contribution is 2.23. The normalized spacial score (nSPS) is 11.3. The monoisotopic (exact) mass is 659 g/mol. The minimum Gasteiger partial charge on any atom is -0.545 e. The summed E-state index contributed by atoms with van der Waals surface area (Å²) in [6.07, 6.45) is 9.58. The van der Waals surface area contributed by atoms with E-state index >= 15 is 0 Å². The number of carboxylic acid groups (broad SMARTS) is 1. The lowest BCUT2D eigenvalue weighted by Crippen LogP contribution is -2.36. The fourth-order valence-corrected chi connectivity index (χ4v) is 4.77. The highest BCUT2D eigenvalue weighted by molar-refractivity contribution is 5.94. The molecule has 250 valence electrons. The van der Waals surface area contributed by atoms with Gasteiger partial charge < -0.3 is 19.4 Å². The van der Waals surface area contributed by atoms with Gasteiger partial charge in [0, 0.05) is 5.56 Å². The quantitative estimate of drug-likeness (QED) is 0.0786. The van der Waals surface area contributed by atoms with Gasteiger partial charge in [-0.15, -0.1) is 0 Å². The van der Waals surface area contributed by atoms with Crippen LogP contribution in [0.5, 0.6) is 5.75 Å². The summed E-state index contributed by atoms with van der Waals surface area (Å²) in [4.78, 5) is 22.6. The van der Waals surface area contributed by atoms with Crippen molar-refractivity contribution in [3.63, 3.8) is 0 Å². The van der Waals surface area contributed by atoms with Gasteiger partial charge in [0.15, 0.2) is 6.54 Å². The van der Waals surface area contributed by atoms with E-state index < -0.39 is 5.97 Å². The van der Waals surface area contributed by atoms with Crippen LogP contribution in [-0.2, 0) is 29.0 Å². The lowest BCUT2D eigenvalue weighted by molar-refractivity contribution is -0.682. The second-order valence-corrected chi connectivity index (χ2v) is 11.1. The van der Waals surface area contributed by atoms with Crippen LogP contribution < -0.4 is 14.4 Å². The second kappa shape index (κ2) is 19.1. The maximum Gasteiger partial charge on any atom is 0.244 e. The van der Waals surface area contributed by atoms with E-state index in [1.54, 1.807) is 4.57 Å². The maximum atomic E-state index is 13.2. The number of nitrogens with zero attached hydrogens (tertiary/aromatic N) is 3. The molecule has 49 heavy (non-hydrogen) atoms. The van der Waals surface area contributed by atoms with Crippen molar-refractivity contribution in [2.75, 3.05) is 13.2 Å². The molecular weight excluding hydrogens is 621 g/mol. The number of imidazole rings is 1. The third-order valence-corrected chi connectivity index (χ3v) is 7.34. The lowest BCUT2D eigenvalue weighted by Gasteiger charge is -2.17. The topological polar surface area (TPSA) is 108 Å². The second-order valence-electron chi connectivity index (χ2n) is 11.1. The Morgan fingerprint density at radius 2 is 1.67 bits per heavy atom. The molecule has 0 N–H and O–H groups in total. The molecule has 0 saturated carbocycles. The average molecular weight is 660 g/mol. The number of carboxylic acids is 1. The van der Waals surface area contributed by atoms with Gasteiger partial charge in [0.05, 0.1) is 30.8 Å². The zero-order valence-corrected chi connectivity index (χ0v) is 27.3. The minimum atomic E-state index is -1.17. The fourth-order valence-electron chi connectivity index (χ4n) is 4.77. The molecule has 9 heteroatoms. The molecule has 1 unspecified atom stereocenters. The Hall–Kier alpha value is -5.85. The first-order chi connectivity index (χ1) is 23.8. The molecule has 5 rings (SSSR count). The van der Waals surface area contributed by atoms with Crippen molar-refractivity contribution in [1.29, 1.82) is 5.26 Å². The van der Waals surface area contributed by atoms with Crippen molar-refractivity contribution >= 4 is 17.8 Å². The molecule has 0 fully saturated rings. The average Bonchev–Trinajstić information content (AvgIpc) is 3.57. The van der Waals surface area contributed by atoms with Crippen LogP contribution in [0.15, 0.2) is 128 Å². The highest BCUT2D eigenvalue weighted by atomic mass is 19.1. The third kappa shape index (κ3) is 12.4. The van der Waals surface area contributed by atoms with Crippen molar-refractivity contribution in [3.8, 4) is 11.8 Å². The van der Waals surface area contributed by atoms with E-state index in [9.17, 15) is 19.1 Å². The number of benzene rings is 4. The fraction of sp³-hybridized carbons (Fsp3) is 0.200. The summed E-state index contributed by atoms with van der Waals surface area (Å²) in [5.74, 6) is -0.805. The van der Waals surface area contributed by atoms with Gasteiger partial charge in [-0.2, -0.15) is 5.26 Å². The Balaban J connectivity index is 0.000000418. The molecule has 5 aromatic rings. The molecule has 1 atom stereocenters. The Morgan fingerprint density at radius 3 is 2.33 bits per heavy atom. The van der Waals surface area contributed by atoms with E-state index in [-0.39, 0.29) is 24.2 Å². The van der Waals surface area contributed by atoms with Crippen LogP contribution in [-0.4, -0.2) is 29.5 Å². The summed E-state index contributed by atoms with van der Waals surface area (Å²) in [6, 6.07) is 32.4. The summed E-state index contributed by atoms with van der Waals surface area (Å²) in [6.45, 7) is 3.97. The van der Waals surface area contributed by atoms with Crippen molar-refractivity contribution in [2.45, 2.75) is 39.0 Å². The lowest BCUT2D eigenvalue weighted by atomic mass is 10.1. The molecule has 0 radical (unpaired) electrons. The molecule has 0 spiro atoms. The van der Waals surface area contributed by atoms with Gasteiger partial charge in [0.1, 0.15) is 36.6 Å². The van der Waals surface area contributed by atoms with Crippen molar-refractivity contribution in [2.24, 2.45) is 0 Å². The number of aromatic nitrogens is 2. The summed E-state index contributed by atoms with van der Waals surface area (Å²) in [5.41, 5.74) is 4.09. The van der Waals surface area contributed by atoms with Crippen LogP contribution in [0.1, 0.15) is 52.1 Å². The number of aliphatic carboxylic acids is 1. The van der Waals surface area contributed by atoms with Gasteiger partial charge in [-0.05, 0) is 84.1 Å². The van der Waals surface area contributed by atoms with Gasteiger partial charge in [-0.1, -0.05) is 67.6 Å². The van der Waals surface area contributed by atoms with Crippen LogP contribution in [0.3, 0.4) is 0 Å². The molecule has 0 amide bonds. The molecule has 0 aliphatic heterocycles. The summed E-state index contributed by atoms with van der Waals surface area (Å²) in [5, 5.41) is 19.0. The summed E-state index contributed by atoms with van der Waals surface area (Å²) < 4.78 is 29.1. The Labute approximate surface area is 285 Å². The zero-order valence-electron chi connectivity index (χ0n) is 27.3. The van der Waals surface area contributed by atoms with Crippen LogP contribution in [0.2, 0.25) is 0 Å². The number of nitriles is 1. The van der Waals surface area contributed by atoms with Crippen molar-refractivity contribution in [1.82, 2.24) is 4.57 Å². The number of hydrogen-bond donors (Lipinski definition) is 0. The molecule has 8 nitrogen and oxygen atoms in total. The summed E-state index contributed by atoms with van der Waals surface area (Å²) in [7, 11) is 0. The van der Waals surface area contributed by atoms with E-state index in [2.05, 4.69) is 13.0 Å². The zero-order chi connectivity index (χ0) is 34.8. The number of hydrogen-bond acceptors (Lipinski definition) is 6. The van der Waals surface area contributed by atoms with Crippen molar-refractivity contribution < 1.29 is 33.1 Å². The highest BCUT2D eigenvalue weighted by Gasteiger charge is 2.18. The molecule has 0 aliphatic carbocycles. The third-order valence-electron chi connectivity index (χ3n) is 7.34. The SMILES string of the molecule is CCCOc1ccc(C(Cn2cc[n+](CC(=O)c3ccc(F)cc3)c2)OCCc2ccc(C#N)cc2)cc1.O=C([O-])C=Cc1ccccc1. The predicted octanol–water partition coefficient (Wildman–Crippen LogP) is 5.91. The van der Waals surface area contributed by atoms with Crippen LogP contribution in [0, 0.1) is 17.1 Å². The molecule has 0 aliphatic rings. The van der Waals surface area contributed by atoms with Gasteiger partial charge >= 0.3 is 0 Å². The first-order valence-corrected chi connectivity index (χ1v) is 15.9. The first kappa shape index (κ1) is 36.0. The summed E-state index contributed by atoms with van der Waals surface area (Å²) >= 11 is 0. The predicted molar refractivity (Wildman–Crippen MR) is 182 cm³/mol. The van der Waals surface area contributed by atoms with Crippen molar-refractivity contribution in [3.05, 3.63) is 162 Å². The molecule has 0 bridgehead atoms.